The molecule has 0 aliphatic carbocycles. The molecule has 1 aromatic heterocycles. The highest BCUT2D eigenvalue weighted by Gasteiger charge is 2.37. The Labute approximate surface area is 169 Å². The van der Waals surface area contributed by atoms with Crippen molar-refractivity contribution in [2.45, 2.75) is 25.9 Å². The Hall–Kier alpha value is -3.06. The highest BCUT2D eigenvalue weighted by atomic mass is 16.5. The molecule has 0 saturated carbocycles. The molecule has 1 unspecified atom stereocenters. The van der Waals surface area contributed by atoms with E-state index in [1.807, 2.05) is 6.92 Å². The van der Waals surface area contributed by atoms with Gasteiger partial charge >= 0.3 is 0 Å². The molecule has 1 atom stereocenters. The zero-order chi connectivity index (χ0) is 21.3. The molecule has 3 rings (SSSR count). The number of phenolic OH excluding ortho intramolecular Hbond substituents is 1. The average molecular weight is 402 g/mol. The number of aliphatic hydroxyl groups is 1. The molecule has 156 valence electrons. The molecule has 0 aliphatic rings. The van der Waals surface area contributed by atoms with E-state index in [1.165, 1.54) is 28.4 Å². The van der Waals surface area contributed by atoms with Gasteiger partial charge in [-0.15, -0.1) is 0 Å². The van der Waals surface area contributed by atoms with E-state index in [9.17, 15) is 10.2 Å². The van der Waals surface area contributed by atoms with E-state index in [0.717, 1.165) is 0 Å². The first kappa shape index (κ1) is 20.7. The number of aromatic hydroxyl groups is 1. The normalized spacial score (nSPS) is 13.2. The molecule has 0 amide bonds. The van der Waals surface area contributed by atoms with Crippen LogP contribution in [0.25, 0.3) is 11.0 Å². The Balaban J connectivity index is 2.31. The Morgan fingerprint density at radius 1 is 0.931 bits per heavy atom. The number of benzene rings is 2. The van der Waals surface area contributed by atoms with Crippen molar-refractivity contribution >= 4 is 11.0 Å². The number of fused-ring (bicyclic) bond motifs is 1. The van der Waals surface area contributed by atoms with Gasteiger partial charge < -0.3 is 33.6 Å². The van der Waals surface area contributed by atoms with Gasteiger partial charge in [0.1, 0.15) is 11.4 Å². The molecule has 7 nitrogen and oxygen atoms in total. The van der Waals surface area contributed by atoms with Gasteiger partial charge in [-0.25, -0.2) is 0 Å². The maximum Gasteiger partial charge on any atom is 0.203 e. The number of hydrogen-bond donors (Lipinski definition) is 2. The summed E-state index contributed by atoms with van der Waals surface area (Å²) >= 11 is 0. The summed E-state index contributed by atoms with van der Waals surface area (Å²) in [6, 6.07) is 6.83. The minimum Gasteiger partial charge on any atom is -0.502 e. The summed E-state index contributed by atoms with van der Waals surface area (Å²) in [5.74, 6) is 1.98. The summed E-state index contributed by atoms with van der Waals surface area (Å²) in [5, 5.41) is 22.9. The van der Waals surface area contributed by atoms with Gasteiger partial charge in [0.2, 0.25) is 11.5 Å². The lowest BCUT2D eigenvalue weighted by Crippen LogP contribution is -2.27. The third-order valence-electron chi connectivity index (χ3n) is 5.26. The highest BCUT2D eigenvalue weighted by molar-refractivity contribution is 5.90. The van der Waals surface area contributed by atoms with Crippen LogP contribution in [0.5, 0.6) is 28.7 Å². The van der Waals surface area contributed by atoms with E-state index in [2.05, 4.69) is 0 Å². The molecule has 3 aromatic rings. The van der Waals surface area contributed by atoms with Crippen molar-refractivity contribution in [3.8, 4) is 28.7 Å². The average Bonchev–Trinajstić information content (AvgIpc) is 3.09. The Morgan fingerprint density at radius 3 is 2.00 bits per heavy atom. The molecule has 29 heavy (non-hydrogen) atoms. The van der Waals surface area contributed by atoms with Gasteiger partial charge in [-0.1, -0.05) is 6.92 Å². The van der Waals surface area contributed by atoms with Crippen molar-refractivity contribution in [2.75, 3.05) is 28.4 Å². The number of aryl methyl sites for hydroxylation is 1. The van der Waals surface area contributed by atoms with E-state index in [0.29, 0.717) is 51.7 Å². The fourth-order valence-electron chi connectivity index (χ4n) is 3.77. The molecule has 0 bridgehead atoms. The van der Waals surface area contributed by atoms with Crippen molar-refractivity contribution in [2.24, 2.45) is 0 Å². The number of phenols is 1. The van der Waals surface area contributed by atoms with Gasteiger partial charge in [-0.05, 0) is 43.2 Å². The van der Waals surface area contributed by atoms with E-state index in [1.54, 1.807) is 31.2 Å². The minimum atomic E-state index is -1.43. The maximum absolute atomic E-state index is 11.8. The van der Waals surface area contributed by atoms with Crippen LogP contribution < -0.4 is 18.9 Å². The van der Waals surface area contributed by atoms with Crippen molar-refractivity contribution in [3.63, 3.8) is 0 Å². The van der Waals surface area contributed by atoms with Gasteiger partial charge in [-0.3, -0.25) is 0 Å². The van der Waals surface area contributed by atoms with Crippen molar-refractivity contribution < 1.29 is 33.6 Å². The Kier molecular flexibility index (Phi) is 5.53. The van der Waals surface area contributed by atoms with Crippen LogP contribution in [0.1, 0.15) is 30.2 Å². The fourth-order valence-corrected chi connectivity index (χ4v) is 3.77. The number of furan rings is 1. The van der Waals surface area contributed by atoms with Crippen LogP contribution in [0.4, 0.5) is 0 Å². The van der Waals surface area contributed by atoms with Crippen LogP contribution in [0.3, 0.4) is 0 Å². The van der Waals surface area contributed by atoms with Crippen molar-refractivity contribution in [1.29, 1.82) is 0 Å². The van der Waals surface area contributed by atoms with Gasteiger partial charge in [0.25, 0.3) is 0 Å². The van der Waals surface area contributed by atoms with Crippen LogP contribution in [0, 0.1) is 6.92 Å². The molecule has 2 aromatic carbocycles. The lowest BCUT2D eigenvalue weighted by Gasteiger charge is -2.29. The van der Waals surface area contributed by atoms with Crippen LogP contribution in [-0.4, -0.2) is 38.7 Å². The van der Waals surface area contributed by atoms with Gasteiger partial charge in [0, 0.05) is 10.9 Å². The van der Waals surface area contributed by atoms with Crippen LogP contribution in [0.15, 0.2) is 28.7 Å². The summed E-state index contributed by atoms with van der Waals surface area (Å²) in [6.07, 6.45) is 0.341. The summed E-state index contributed by atoms with van der Waals surface area (Å²) < 4.78 is 27.3. The fraction of sp³-hybridized carbons (Fsp3) is 0.364. The quantitative estimate of drug-likeness (QED) is 0.614. The molecule has 0 aliphatic heterocycles. The molecule has 1 heterocycles. The Morgan fingerprint density at radius 2 is 1.52 bits per heavy atom. The van der Waals surface area contributed by atoms with Gasteiger partial charge in [0.05, 0.1) is 28.4 Å². The number of ether oxygens (including phenoxy) is 4. The minimum absolute atomic E-state index is 0.109. The topological polar surface area (TPSA) is 90.5 Å². The molecular formula is C22H26O7. The van der Waals surface area contributed by atoms with Crippen molar-refractivity contribution in [3.05, 3.63) is 41.2 Å². The summed E-state index contributed by atoms with van der Waals surface area (Å²) in [4.78, 5) is 0. The maximum atomic E-state index is 11.8. The first-order valence-corrected chi connectivity index (χ1v) is 9.18. The lowest BCUT2D eigenvalue weighted by atomic mass is 9.82. The first-order valence-electron chi connectivity index (χ1n) is 9.18. The smallest absolute Gasteiger partial charge is 0.203 e. The van der Waals surface area contributed by atoms with E-state index >= 15 is 0 Å². The second kappa shape index (κ2) is 7.75. The van der Waals surface area contributed by atoms with E-state index in [4.69, 9.17) is 23.4 Å². The second-order valence-electron chi connectivity index (χ2n) is 6.65. The molecule has 0 spiro atoms. The zero-order valence-electron chi connectivity index (χ0n) is 17.5. The van der Waals surface area contributed by atoms with Crippen molar-refractivity contribution in [1.82, 2.24) is 0 Å². The SMILES string of the molecule is CCC(O)(c1cc(OC)c(OC)c(OC)c1)c1c(C)oc2c(O)c(OC)ccc12. The van der Waals surface area contributed by atoms with Gasteiger partial charge in [0.15, 0.2) is 22.8 Å². The molecule has 0 saturated heterocycles. The standard InChI is InChI=1S/C22H26O7/c1-7-22(24,13-10-16(26-4)21(28-6)17(11-13)27-5)18-12(2)29-20-14(18)8-9-15(25-3)19(20)23/h8-11,23-24H,7H2,1-6H3. The second-order valence-corrected chi connectivity index (χ2v) is 6.65. The predicted molar refractivity (Wildman–Crippen MR) is 109 cm³/mol. The summed E-state index contributed by atoms with van der Waals surface area (Å²) in [7, 11) is 6.04. The lowest BCUT2D eigenvalue weighted by molar-refractivity contribution is 0.0756. The largest absolute Gasteiger partial charge is 0.502 e. The van der Waals surface area contributed by atoms with Crippen LogP contribution >= 0.6 is 0 Å². The zero-order valence-corrected chi connectivity index (χ0v) is 17.5. The third kappa shape index (κ3) is 3.11. The van der Waals surface area contributed by atoms with E-state index < -0.39 is 5.60 Å². The predicted octanol–water partition coefficient (Wildman–Crippen LogP) is 4.13. The molecular weight excluding hydrogens is 376 g/mol. The molecule has 0 radical (unpaired) electrons. The number of rotatable bonds is 7. The number of hydrogen-bond acceptors (Lipinski definition) is 7. The van der Waals surface area contributed by atoms with Crippen LogP contribution in [0.2, 0.25) is 0 Å². The summed E-state index contributed by atoms with van der Waals surface area (Å²) in [5.41, 5.74) is -0.0579. The van der Waals surface area contributed by atoms with E-state index in [-0.39, 0.29) is 11.3 Å². The molecule has 7 heteroatoms. The molecule has 2 N–H and O–H groups in total. The third-order valence-corrected chi connectivity index (χ3v) is 5.26. The van der Waals surface area contributed by atoms with Gasteiger partial charge in [-0.2, -0.15) is 0 Å². The molecule has 0 fully saturated rings. The monoisotopic (exact) mass is 402 g/mol. The number of methoxy groups -OCH3 is 4. The first-order chi connectivity index (χ1) is 13.9. The highest BCUT2D eigenvalue weighted by Crippen LogP contribution is 2.48. The van der Waals surface area contributed by atoms with Crippen LogP contribution in [-0.2, 0) is 5.60 Å². The Bertz CT molecular complexity index is 1010. The summed E-state index contributed by atoms with van der Waals surface area (Å²) in [6.45, 7) is 3.62.